The lowest BCUT2D eigenvalue weighted by atomic mass is 10.1. The van der Waals surface area contributed by atoms with Crippen LogP contribution in [0.2, 0.25) is 10.0 Å². The first-order valence-electron chi connectivity index (χ1n) is 8.31. The van der Waals surface area contributed by atoms with Crippen molar-refractivity contribution in [2.75, 3.05) is 6.61 Å². The Balaban J connectivity index is 1.79. The summed E-state index contributed by atoms with van der Waals surface area (Å²) in [6, 6.07) is 11.8. The summed E-state index contributed by atoms with van der Waals surface area (Å²) in [6.07, 6.45) is -0.751. The van der Waals surface area contributed by atoms with E-state index in [4.69, 9.17) is 32.7 Å². The summed E-state index contributed by atoms with van der Waals surface area (Å²) >= 11 is 11.7. The first-order chi connectivity index (χ1) is 12.9. The van der Waals surface area contributed by atoms with Crippen molar-refractivity contribution in [2.24, 2.45) is 0 Å². The van der Waals surface area contributed by atoms with Gasteiger partial charge in [-0.05, 0) is 55.8 Å². The lowest BCUT2D eigenvalue weighted by Gasteiger charge is -2.15. The third-order valence-corrected chi connectivity index (χ3v) is 4.23. The molecule has 0 fully saturated rings. The molecule has 1 atom stereocenters. The minimum atomic E-state index is -0.798. The van der Waals surface area contributed by atoms with Gasteiger partial charge < -0.3 is 9.47 Å². The smallest absolute Gasteiger partial charge is 0.279 e. The van der Waals surface area contributed by atoms with Crippen LogP contribution in [-0.4, -0.2) is 24.5 Å². The van der Waals surface area contributed by atoms with Gasteiger partial charge in [0.2, 0.25) is 5.91 Å². The zero-order valence-corrected chi connectivity index (χ0v) is 16.4. The van der Waals surface area contributed by atoms with E-state index >= 15 is 0 Å². The summed E-state index contributed by atoms with van der Waals surface area (Å²) in [5, 5.41) is 0.776. The second-order valence-corrected chi connectivity index (χ2v) is 6.44. The molecule has 8 heteroatoms. The van der Waals surface area contributed by atoms with Gasteiger partial charge in [-0.1, -0.05) is 29.3 Å². The first-order valence-corrected chi connectivity index (χ1v) is 9.06. The zero-order valence-electron chi connectivity index (χ0n) is 14.9. The summed E-state index contributed by atoms with van der Waals surface area (Å²) in [7, 11) is 0. The standard InChI is InChI=1S/C19H20Cl2N2O4/c1-3-26-14-5-7-15(8-6-14)27-12(2)19(25)23-22-18(24)11-13-4-9-16(20)17(21)10-13/h4-10,12H,3,11H2,1-2H3,(H,22,24)(H,23,25)/t12-/m1/s1. The molecule has 0 spiro atoms. The average molecular weight is 411 g/mol. The summed E-state index contributed by atoms with van der Waals surface area (Å²) in [4.78, 5) is 24.0. The number of hydrogen-bond donors (Lipinski definition) is 2. The van der Waals surface area contributed by atoms with Crippen molar-refractivity contribution >= 4 is 35.0 Å². The van der Waals surface area contributed by atoms with E-state index in [0.29, 0.717) is 28.0 Å². The van der Waals surface area contributed by atoms with Crippen molar-refractivity contribution in [1.29, 1.82) is 0 Å². The molecule has 0 aliphatic carbocycles. The molecular weight excluding hydrogens is 391 g/mol. The minimum absolute atomic E-state index is 0.0469. The highest BCUT2D eigenvalue weighted by Gasteiger charge is 2.15. The molecule has 0 bridgehead atoms. The van der Waals surface area contributed by atoms with E-state index in [-0.39, 0.29) is 6.42 Å². The molecule has 0 heterocycles. The van der Waals surface area contributed by atoms with Crippen LogP contribution in [0.3, 0.4) is 0 Å². The topological polar surface area (TPSA) is 76.7 Å². The van der Waals surface area contributed by atoms with Gasteiger partial charge in [-0.25, -0.2) is 0 Å². The predicted octanol–water partition coefficient (Wildman–Crippen LogP) is 3.55. The number of nitrogens with one attached hydrogen (secondary N) is 2. The molecular formula is C19H20Cl2N2O4. The largest absolute Gasteiger partial charge is 0.494 e. The van der Waals surface area contributed by atoms with E-state index < -0.39 is 17.9 Å². The maximum absolute atomic E-state index is 12.1. The molecule has 2 aromatic rings. The minimum Gasteiger partial charge on any atom is -0.494 e. The van der Waals surface area contributed by atoms with Crippen LogP contribution >= 0.6 is 23.2 Å². The number of benzene rings is 2. The third kappa shape index (κ3) is 6.66. The van der Waals surface area contributed by atoms with Crippen molar-refractivity contribution in [3.05, 3.63) is 58.1 Å². The summed E-state index contributed by atoms with van der Waals surface area (Å²) in [5.74, 6) is 0.362. The second kappa shape index (κ2) is 10.0. The maximum Gasteiger partial charge on any atom is 0.279 e. The van der Waals surface area contributed by atoms with Crippen molar-refractivity contribution in [2.45, 2.75) is 26.4 Å². The predicted molar refractivity (Wildman–Crippen MR) is 104 cm³/mol. The van der Waals surface area contributed by atoms with Crippen LogP contribution in [0, 0.1) is 0 Å². The van der Waals surface area contributed by atoms with Gasteiger partial charge in [0, 0.05) is 0 Å². The van der Waals surface area contributed by atoms with E-state index in [1.807, 2.05) is 6.92 Å². The average Bonchev–Trinajstić information content (AvgIpc) is 2.64. The Kier molecular flexibility index (Phi) is 7.76. The lowest BCUT2D eigenvalue weighted by molar-refractivity contribution is -0.132. The number of carbonyl (C=O) groups is 2. The summed E-state index contributed by atoms with van der Waals surface area (Å²) in [5.41, 5.74) is 5.35. The molecule has 0 aromatic heterocycles. The number of ether oxygens (including phenoxy) is 2. The fourth-order valence-electron chi connectivity index (χ4n) is 2.15. The van der Waals surface area contributed by atoms with Crippen molar-refractivity contribution in [1.82, 2.24) is 10.9 Å². The van der Waals surface area contributed by atoms with Crippen LogP contribution in [0.5, 0.6) is 11.5 Å². The van der Waals surface area contributed by atoms with Crippen molar-refractivity contribution in [3.63, 3.8) is 0 Å². The van der Waals surface area contributed by atoms with E-state index in [0.717, 1.165) is 5.75 Å². The number of hydrogen-bond acceptors (Lipinski definition) is 4. The molecule has 0 aliphatic rings. The van der Waals surface area contributed by atoms with Crippen LogP contribution in [0.25, 0.3) is 0 Å². The first kappa shape index (κ1) is 20.9. The van der Waals surface area contributed by atoms with E-state index in [1.165, 1.54) is 0 Å². The van der Waals surface area contributed by atoms with Gasteiger partial charge in [0.25, 0.3) is 5.91 Å². The molecule has 6 nitrogen and oxygen atoms in total. The zero-order chi connectivity index (χ0) is 19.8. The Bertz CT molecular complexity index is 797. The number of amides is 2. The molecule has 0 aliphatic heterocycles. The van der Waals surface area contributed by atoms with Gasteiger partial charge in [0.15, 0.2) is 6.10 Å². The van der Waals surface area contributed by atoms with E-state index in [2.05, 4.69) is 10.9 Å². The van der Waals surface area contributed by atoms with Gasteiger partial charge in [-0.3, -0.25) is 20.4 Å². The van der Waals surface area contributed by atoms with Gasteiger partial charge in [-0.2, -0.15) is 0 Å². The maximum atomic E-state index is 12.1. The molecule has 0 unspecified atom stereocenters. The van der Waals surface area contributed by atoms with Crippen molar-refractivity contribution < 1.29 is 19.1 Å². The Morgan fingerprint density at radius 1 is 1.00 bits per heavy atom. The molecule has 0 radical (unpaired) electrons. The van der Waals surface area contributed by atoms with Crippen molar-refractivity contribution in [3.8, 4) is 11.5 Å². The highest BCUT2D eigenvalue weighted by Crippen LogP contribution is 2.22. The quantitative estimate of drug-likeness (QED) is 0.684. The molecule has 0 saturated heterocycles. The van der Waals surface area contributed by atoms with Crippen LogP contribution in [-0.2, 0) is 16.0 Å². The fraction of sp³-hybridized carbons (Fsp3) is 0.263. The van der Waals surface area contributed by atoms with Crippen LogP contribution < -0.4 is 20.3 Å². The van der Waals surface area contributed by atoms with Crippen LogP contribution in [0.4, 0.5) is 0 Å². The number of halogens is 2. The third-order valence-electron chi connectivity index (χ3n) is 3.49. The second-order valence-electron chi connectivity index (χ2n) is 5.63. The normalized spacial score (nSPS) is 11.4. The molecule has 0 saturated carbocycles. The SMILES string of the molecule is CCOc1ccc(O[C@H](C)C(=O)NNC(=O)Cc2ccc(Cl)c(Cl)c2)cc1. The van der Waals surface area contributed by atoms with Gasteiger partial charge in [-0.15, -0.1) is 0 Å². The lowest BCUT2D eigenvalue weighted by Crippen LogP contribution is -2.47. The number of hydrazine groups is 1. The van der Waals surface area contributed by atoms with E-state index in [9.17, 15) is 9.59 Å². The van der Waals surface area contributed by atoms with Crippen LogP contribution in [0.15, 0.2) is 42.5 Å². The Hall–Kier alpha value is -2.44. The number of carbonyl (C=O) groups excluding carboxylic acids is 2. The molecule has 2 N–H and O–H groups in total. The highest BCUT2D eigenvalue weighted by molar-refractivity contribution is 6.42. The molecule has 2 amide bonds. The van der Waals surface area contributed by atoms with Gasteiger partial charge in [0.05, 0.1) is 23.1 Å². The monoisotopic (exact) mass is 410 g/mol. The van der Waals surface area contributed by atoms with Gasteiger partial charge in [0.1, 0.15) is 11.5 Å². The summed E-state index contributed by atoms with van der Waals surface area (Å²) < 4.78 is 10.9. The molecule has 27 heavy (non-hydrogen) atoms. The Morgan fingerprint density at radius 2 is 1.67 bits per heavy atom. The Labute approximate surface area is 167 Å². The van der Waals surface area contributed by atoms with Gasteiger partial charge >= 0.3 is 0 Å². The fourth-order valence-corrected chi connectivity index (χ4v) is 2.47. The Morgan fingerprint density at radius 3 is 2.30 bits per heavy atom. The van der Waals surface area contributed by atoms with Crippen LogP contribution in [0.1, 0.15) is 19.4 Å². The molecule has 144 valence electrons. The van der Waals surface area contributed by atoms with E-state index in [1.54, 1.807) is 49.4 Å². The molecule has 2 rings (SSSR count). The highest BCUT2D eigenvalue weighted by atomic mass is 35.5. The number of rotatable bonds is 7. The molecule has 2 aromatic carbocycles. The summed E-state index contributed by atoms with van der Waals surface area (Å²) in [6.45, 7) is 4.05.